The van der Waals surface area contributed by atoms with Crippen LogP contribution in [0.3, 0.4) is 0 Å². The van der Waals surface area contributed by atoms with Crippen molar-refractivity contribution in [3.05, 3.63) is 52.8 Å². The largest absolute Gasteiger partial charge is 0.383 e. The monoisotopic (exact) mass is 273 g/mol. The van der Waals surface area contributed by atoms with Crippen LogP contribution in [-0.4, -0.2) is 30.0 Å². The van der Waals surface area contributed by atoms with Crippen molar-refractivity contribution in [3.8, 4) is 0 Å². The molecule has 0 atom stereocenters. The Hall–Kier alpha value is -1.65. The number of hydrogen-bond donors (Lipinski definition) is 1. The third-order valence-corrected chi connectivity index (χ3v) is 3.44. The minimum Gasteiger partial charge on any atom is -0.383 e. The Morgan fingerprint density at radius 3 is 2.75 bits per heavy atom. The van der Waals surface area contributed by atoms with E-state index in [1.165, 1.54) is 16.7 Å². The van der Waals surface area contributed by atoms with E-state index in [0.717, 1.165) is 31.9 Å². The summed E-state index contributed by atoms with van der Waals surface area (Å²) >= 11 is 0. The normalized spacial score (nSPS) is 10.9. The molecule has 0 fully saturated rings. The molecular weight excluding hydrogens is 250 g/mol. The van der Waals surface area contributed by atoms with Crippen LogP contribution in [0.5, 0.6) is 0 Å². The fourth-order valence-corrected chi connectivity index (χ4v) is 2.17. The van der Waals surface area contributed by atoms with Crippen LogP contribution in [0.1, 0.15) is 22.4 Å². The smallest absolute Gasteiger partial charge is 0.0662 e. The van der Waals surface area contributed by atoms with E-state index in [2.05, 4.69) is 54.7 Å². The topological polar surface area (TPSA) is 39.1 Å². The molecule has 0 spiro atoms. The van der Waals surface area contributed by atoms with Gasteiger partial charge in [0.2, 0.25) is 0 Å². The standard InChI is InChI=1S/C16H23N3O/c1-13-6-4-5-7-15(13)11-19-12-16(14(2)18-19)10-17-8-9-20-3/h4-7,12,17H,8-11H2,1-3H3. The minimum atomic E-state index is 0.733. The molecule has 0 aliphatic carbocycles. The molecule has 0 aliphatic heterocycles. The molecule has 4 nitrogen and oxygen atoms in total. The van der Waals surface area contributed by atoms with E-state index in [9.17, 15) is 0 Å². The van der Waals surface area contributed by atoms with E-state index in [1.807, 2.05) is 4.68 Å². The number of nitrogens with one attached hydrogen (secondary N) is 1. The van der Waals surface area contributed by atoms with Crippen molar-refractivity contribution in [3.63, 3.8) is 0 Å². The van der Waals surface area contributed by atoms with E-state index >= 15 is 0 Å². The highest BCUT2D eigenvalue weighted by Gasteiger charge is 2.06. The first-order chi connectivity index (χ1) is 9.70. The van der Waals surface area contributed by atoms with Crippen LogP contribution in [0, 0.1) is 13.8 Å². The van der Waals surface area contributed by atoms with Gasteiger partial charge in [0.05, 0.1) is 18.8 Å². The molecule has 2 aromatic rings. The van der Waals surface area contributed by atoms with Gasteiger partial charge >= 0.3 is 0 Å². The Bertz CT molecular complexity index is 548. The highest BCUT2D eigenvalue weighted by Crippen LogP contribution is 2.11. The molecular formula is C16H23N3O. The summed E-state index contributed by atoms with van der Waals surface area (Å²) in [5.74, 6) is 0. The number of aromatic nitrogens is 2. The van der Waals surface area contributed by atoms with Crippen LogP contribution < -0.4 is 5.32 Å². The molecule has 4 heteroatoms. The Morgan fingerprint density at radius 2 is 2.00 bits per heavy atom. The second-order valence-electron chi connectivity index (χ2n) is 5.03. The molecule has 0 radical (unpaired) electrons. The van der Waals surface area contributed by atoms with Gasteiger partial charge in [-0.1, -0.05) is 24.3 Å². The van der Waals surface area contributed by atoms with Crippen LogP contribution in [0.2, 0.25) is 0 Å². The zero-order valence-electron chi connectivity index (χ0n) is 12.5. The maximum Gasteiger partial charge on any atom is 0.0662 e. The summed E-state index contributed by atoms with van der Waals surface area (Å²) < 4.78 is 7.04. The quantitative estimate of drug-likeness (QED) is 0.787. The highest BCUT2D eigenvalue weighted by molar-refractivity contribution is 5.26. The predicted octanol–water partition coefficient (Wildman–Crippen LogP) is 2.28. The van der Waals surface area contributed by atoms with Gasteiger partial charge in [0.15, 0.2) is 0 Å². The van der Waals surface area contributed by atoms with Crippen LogP contribution in [0.25, 0.3) is 0 Å². The number of methoxy groups -OCH3 is 1. The second-order valence-corrected chi connectivity index (χ2v) is 5.03. The molecule has 0 aliphatic rings. The molecule has 0 unspecified atom stereocenters. The van der Waals surface area contributed by atoms with Gasteiger partial charge in [-0.15, -0.1) is 0 Å². The van der Waals surface area contributed by atoms with E-state index in [-0.39, 0.29) is 0 Å². The second kappa shape index (κ2) is 7.22. The number of benzene rings is 1. The van der Waals surface area contributed by atoms with E-state index in [1.54, 1.807) is 7.11 Å². The Kier molecular flexibility index (Phi) is 5.32. The summed E-state index contributed by atoms with van der Waals surface area (Å²) in [6.45, 7) is 7.45. The van der Waals surface area contributed by atoms with Gasteiger partial charge in [-0.2, -0.15) is 5.10 Å². The summed E-state index contributed by atoms with van der Waals surface area (Å²) in [7, 11) is 1.72. The Labute approximate surface area is 120 Å². The van der Waals surface area contributed by atoms with Crippen molar-refractivity contribution in [2.45, 2.75) is 26.9 Å². The van der Waals surface area contributed by atoms with Crippen LogP contribution in [-0.2, 0) is 17.8 Å². The minimum absolute atomic E-state index is 0.733. The number of nitrogens with zero attached hydrogens (tertiary/aromatic N) is 2. The summed E-state index contributed by atoms with van der Waals surface area (Å²) in [4.78, 5) is 0. The molecule has 2 rings (SSSR count). The third-order valence-electron chi connectivity index (χ3n) is 3.44. The van der Waals surface area contributed by atoms with Gasteiger partial charge < -0.3 is 10.1 Å². The van der Waals surface area contributed by atoms with Gasteiger partial charge in [-0.25, -0.2) is 0 Å². The lowest BCUT2D eigenvalue weighted by Crippen LogP contribution is -2.18. The lowest BCUT2D eigenvalue weighted by atomic mass is 10.1. The van der Waals surface area contributed by atoms with Gasteiger partial charge in [0.25, 0.3) is 0 Å². The van der Waals surface area contributed by atoms with E-state index in [0.29, 0.717) is 0 Å². The summed E-state index contributed by atoms with van der Waals surface area (Å²) in [5, 5.41) is 7.95. The zero-order valence-corrected chi connectivity index (χ0v) is 12.5. The SMILES string of the molecule is COCCNCc1cn(Cc2ccccc2C)nc1C. The fourth-order valence-electron chi connectivity index (χ4n) is 2.17. The van der Waals surface area contributed by atoms with Crippen LogP contribution in [0.4, 0.5) is 0 Å². The van der Waals surface area contributed by atoms with Gasteiger partial charge in [0.1, 0.15) is 0 Å². The van der Waals surface area contributed by atoms with Crippen molar-refractivity contribution in [2.75, 3.05) is 20.3 Å². The van der Waals surface area contributed by atoms with Crippen molar-refractivity contribution in [1.29, 1.82) is 0 Å². The van der Waals surface area contributed by atoms with Crippen LogP contribution in [0.15, 0.2) is 30.5 Å². The molecule has 20 heavy (non-hydrogen) atoms. The van der Waals surface area contributed by atoms with Crippen LogP contribution >= 0.6 is 0 Å². The Morgan fingerprint density at radius 1 is 1.20 bits per heavy atom. The predicted molar refractivity (Wildman–Crippen MR) is 80.8 cm³/mol. The molecule has 0 saturated carbocycles. The first kappa shape index (κ1) is 14.8. The maximum atomic E-state index is 5.02. The number of ether oxygens (including phenoxy) is 1. The highest BCUT2D eigenvalue weighted by atomic mass is 16.5. The summed E-state index contributed by atoms with van der Waals surface area (Å²) in [5.41, 5.74) is 4.95. The van der Waals surface area contributed by atoms with Crippen molar-refractivity contribution >= 4 is 0 Å². The van der Waals surface area contributed by atoms with E-state index in [4.69, 9.17) is 4.74 Å². The van der Waals surface area contributed by atoms with Gasteiger partial charge in [-0.05, 0) is 25.0 Å². The average Bonchev–Trinajstić information content (AvgIpc) is 2.78. The van der Waals surface area contributed by atoms with Gasteiger partial charge in [-0.3, -0.25) is 4.68 Å². The number of rotatable bonds is 7. The summed E-state index contributed by atoms with van der Waals surface area (Å²) in [6, 6.07) is 8.44. The molecule has 1 N–H and O–H groups in total. The molecule has 0 bridgehead atoms. The number of hydrogen-bond acceptors (Lipinski definition) is 3. The molecule has 1 aromatic carbocycles. The average molecular weight is 273 g/mol. The Balaban J connectivity index is 1.98. The molecule has 0 saturated heterocycles. The third kappa shape index (κ3) is 3.92. The van der Waals surface area contributed by atoms with Crippen molar-refractivity contribution < 1.29 is 4.74 Å². The van der Waals surface area contributed by atoms with E-state index < -0.39 is 0 Å². The maximum absolute atomic E-state index is 5.02. The van der Waals surface area contributed by atoms with Gasteiger partial charge in [0, 0.05) is 32.0 Å². The molecule has 0 amide bonds. The first-order valence-corrected chi connectivity index (χ1v) is 6.98. The molecule has 1 heterocycles. The summed E-state index contributed by atoms with van der Waals surface area (Å²) in [6.07, 6.45) is 2.13. The zero-order chi connectivity index (χ0) is 14.4. The first-order valence-electron chi connectivity index (χ1n) is 6.98. The van der Waals surface area contributed by atoms with Crippen molar-refractivity contribution in [1.82, 2.24) is 15.1 Å². The molecule has 1 aromatic heterocycles. The number of aryl methyl sites for hydroxylation is 2. The molecule has 108 valence electrons. The fraction of sp³-hybridized carbons (Fsp3) is 0.438. The lowest BCUT2D eigenvalue weighted by Gasteiger charge is -2.05. The van der Waals surface area contributed by atoms with Crippen molar-refractivity contribution in [2.24, 2.45) is 0 Å². The lowest BCUT2D eigenvalue weighted by molar-refractivity contribution is 0.199.